The Labute approximate surface area is 136 Å². The van der Waals surface area contributed by atoms with Crippen LogP contribution >= 0.6 is 22.6 Å². The number of halogens is 1. The van der Waals surface area contributed by atoms with Crippen molar-refractivity contribution in [2.45, 2.75) is 19.4 Å². The van der Waals surface area contributed by atoms with Crippen LogP contribution in [0.15, 0.2) is 16.3 Å². The smallest absolute Gasteiger partial charge is 0.266 e. The average Bonchev–Trinajstić information content (AvgIpc) is 2.51. The summed E-state index contributed by atoms with van der Waals surface area (Å²) >= 11 is 2.02. The van der Waals surface area contributed by atoms with E-state index >= 15 is 0 Å². The van der Waals surface area contributed by atoms with Gasteiger partial charge in [0.2, 0.25) is 0 Å². The van der Waals surface area contributed by atoms with Crippen molar-refractivity contribution in [3.63, 3.8) is 0 Å². The quantitative estimate of drug-likeness (QED) is 0.214. The summed E-state index contributed by atoms with van der Waals surface area (Å²) in [5.74, 6) is 0.964. The fraction of sp³-hybridized carbons (Fsp3) is 0.583. The molecule has 21 heavy (non-hydrogen) atoms. The Morgan fingerprint density at radius 3 is 2.81 bits per heavy atom. The van der Waals surface area contributed by atoms with Gasteiger partial charge in [0.1, 0.15) is 9.39 Å². The fourth-order valence-electron chi connectivity index (χ4n) is 2.56. The minimum Gasteiger partial charge on any atom is -0.409 e. The number of anilines is 1. The number of hydrogen-bond acceptors (Lipinski definition) is 6. The van der Waals surface area contributed by atoms with E-state index in [0.717, 1.165) is 38.4 Å². The van der Waals surface area contributed by atoms with Gasteiger partial charge in [-0.3, -0.25) is 9.69 Å². The third-order valence-electron chi connectivity index (χ3n) is 3.68. The van der Waals surface area contributed by atoms with Crippen molar-refractivity contribution >= 4 is 34.2 Å². The van der Waals surface area contributed by atoms with E-state index in [9.17, 15) is 4.79 Å². The van der Waals surface area contributed by atoms with Gasteiger partial charge in [-0.05, 0) is 29.0 Å². The number of piperazine rings is 1. The van der Waals surface area contributed by atoms with Crippen molar-refractivity contribution in [1.29, 1.82) is 0 Å². The maximum Gasteiger partial charge on any atom is 0.266 e. The Morgan fingerprint density at radius 2 is 2.24 bits per heavy atom. The number of H-pyrrole nitrogens is 1. The van der Waals surface area contributed by atoms with Crippen molar-refractivity contribution in [2.24, 2.45) is 10.9 Å². The first kappa shape index (κ1) is 16.0. The van der Waals surface area contributed by atoms with Crippen LogP contribution in [0.4, 0.5) is 5.82 Å². The first-order valence-electron chi connectivity index (χ1n) is 6.78. The van der Waals surface area contributed by atoms with Gasteiger partial charge in [-0.1, -0.05) is 12.1 Å². The molecule has 1 saturated heterocycles. The van der Waals surface area contributed by atoms with E-state index in [1.807, 2.05) is 29.5 Å². The first-order chi connectivity index (χ1) is 10.1. The maximum absolute atomic E-state index is 11.6. The molecule has 1 unspecified atom stereocenters. The van der Waals surface area contributed by atoms with Crippen molar-refractivity contribution in [3.8, 4) is 0 Å². The minimum atomic E-state index is -0.119. The average molecular weight is 406 g/mol. The Hall–Kier alpha value is -1.36. The van der Waals surface area contributed by atoms with Crippen molar-refractivity contribution < 1.29 is 5.21 Å². The number of aromatic amines is 1. The largest absolute Gasteiger partial charge is 0.409 e. The lowest BCUT2D eigenvalue weighted by molar-refractivity contribution is 0.215. The molecular weight excluding hydrogens is 387 g/mol. The molecule has 0 spiro atoms. The molecule has 1 aliphatic heterocycles. The van der Waals surface area contributed by atoms with E-state index in [4.69, 9.17) is 10.9 Å². The molecule has 1 aliphatic rings. The van der Waals surface area contributed by atoms with E-state index in [-0.39, 0.29) is 17.4 Å². The van der Waals surface area contributed by atoms with E-state index in [2.05, 4.69) is 24.9 Å². The van der Waals surface area contributed by atoms with Gasteiger partial charge < -0.3 is 20.8 Å². The Morgan fingerprint density at radius 1 is 1.57 bits per heavy atom. The molecule has 9 heteroatoms. The predicted molar refractivity (Wildman–Crippen MR) is 88.8 cm³/mol. The molecule has 116 valence electrons. The Kier molecular flexibility index (Phi) is 5.39. The molecule has 0 saturated carbocycles. The van der Waals surface area contributed by atoms with Crippen LogP contribution in [0, 0.1) is 3.57 Å². The molecular formula is C12H19IN6O2. The normalized spacial score (nSPS) is 18.8. The molecule has 1 aromatic rings. The Balaban J connectivity index is 2.06. The monoisotopic (exact) mass is 406 g/mol. The SMILES string of the molecule is CCC(C(N)=NO)N1CCN(c2nc[nH]c(=O)c2I)CC1. The fourth-order valence-corrected chi connectivity index (χ4v) is 3.20. The molecule has 1 aromatic heterocycles. The third kappa shape index (κ3) is 3.46. The summed E-state index contributed by atoms with van der Waals surface area (Å²) in [6.45, 7) is 5.07. The van der Waals surface area contributed by atoms with Crippen LogP contribution in [0.5, 0.6) is 0 Å². The van der Waals surface area contributed by atoms with Crippen LogP contribution in [-0.2, 0) is 0 Å². The topological polar surface area (TPSA) is 111 Å². The summed E-state index contributed by atoms with van der Waals surface area (Å²) in [6, 6.07) is -0.0524. The zero-order valence-corrected chi connectivity index (χ0v) is 13.9. The van der Waals surface area contributed by atoms with E-state index < -0.39 is 0 Å². The predicted octanol–water partition coefficient (Wildman–Crippen LogP) is 0.0215. The zero-order chi connectivity index (χ0) is 15.4. The highest BCUT2D eigenvalue weighted by Crippen LogP contribution is 2.18. The van der Waals surface area contributed by atoms with Crippen LogP contribution in [-0.4, -0.2) is 58.1 Å². The number of nitrogens with one attached hydrogen (secondary N) is 1. The molecule has 8 nitrogen and oxygen atoms in total. The summed E-state index contributed by atoms with van der Waals surface area (Å²) in [7, 11) is 0. The summed E-state index contributed by atoms with van der Waals surface area (Å²) in [5.41, 5.74) is 5.61. The van der Waals surface area contributed by atoms with Gasteiger partial charge in [-0.25, -0.2) is 4.98 Å². The maximum atomic E-state index is 11.6. The summed E-state index contributed by atoms with van der Waals surface area (Å²) < 4.78 is 0.604. The second-order valence-corrected chi connectivity index (χ2v) is 5.92. The molecule has 0 bridgehead atoms. The lowest BCUT2D eigenvalue weighted by Crippen LogP contribution is -2.54. The lowest BCUT2D eigenvalue weighted by Gasteiger charge is -2.39. The number of amidine groups is 1. The standard InChI is InChI=1S/C12H19IN6O2/c1-2-8(10(14)17-21)18-3-5-19(6-4-18)11-9(13)12(20)16-7-15-11/h7-8,21H,2-6H2,1H3,(H2,14,17)(H,15,16,20). The molecule has 0 aromatic carbocycles. The summed E-state index contributed by atoms with van der Waals surface area (Å²) in [5, 5.41) is 12.0. The van der Waals surface area contributed by atoms with Gasteiger partial charge in [0.15, 0.2) is 5.84 Å². The molecule has 0 aliphatic carbocycles. The van der Waals surface area contributed by atoms with Crippen LogP contribution < -0.4 is 16.2 Å². The van der Waals surface area contributed by atoms with Crippen molar-refractivity contribution in [3.05, 3.63) is 20.3 Å². The highest BCUT2D eigenvalue weighted by atomic mass is 127. The van der Waals surface area contributed by atoms with Gasteiger partial charge in [-0.15, -0.1) is 0 Å². The number of nitrogens with zero attached hydrogens (tertiary/aromatic N) is 4. The van der Waals surface area contributed by atoms with Crippen molar-refractivity contribution in [1.82, 2.24) is 14.9 Å². The number of rotatable bonds is 4. The van der Waals surface area contributed by atoms with Gasteiger partial charge in [0.05, 0.1) is 12.4 Å². The molecule has 1 atom stereocenters. The van der Waals surface area contributed by atoms with Gasteiger partial charge in [0.25, 0.3) is 5.56 Å². The molecule has 4 N–H and O–H groups in total. The van der Waals surface area contributed by atoms with Crippen molar-refractivity contribution in [2.75, 3.05) is 31.1 Å². The number of oxime groups is 1. The second-order valence-electron chi connectivity index (χ2n) is 4.84. The number of aromatic nitrogens is 2. The zero-order valence-electron chi connectivity index (χ0n) is 11.8. The lowest BCUT2D eigenvalue weighted by atomic mass is 10.1. The van der Waals surface area contributed by atoms with E-state index in [1.54, 1.807) is 0 Å². The van der Waals surface area contributed by atoms with Crippen LogP contribution in [0.3, 0.4) is 0 Å². The van der Waals surface area contributed by atoms with Crippen LogP contribution in [0.1, 0.15) is 13.3 Å². The highest BCUT2D eigenvalue weighted by Gasteiger charge is 2.27. The third-order valence-corrected chi connectivity index (χ3v) is 4.65. The van der Waals surface area contributed by atoms with Gasteiger partial charge in [-0.2, -0.15) is 0 Å². The number of nitrogens with two attached hydrogens (primary N) is 1. The van der Waals surface area contributed by atoms with Gasteiger partial charge in [0, 0.05) is 26.2 Å². The highest BCUT2D eigenvalue weighted by molar-refractivity contribution is 14.1. The summed E-state index contributed by atoms with van der Waals surface area (Å²) in [4.78, 5) is 22.7. The molecule has 2 rings (SSSR count). The van der Waals surface area contributed by atoms with Crippen LogP contribution in [0.2, 0.25) is 0 Å². The molecule has 2 heterocycles. The van der Waals surface area contributed by atoms with Gasteiger partial charge >= 0.3 is 0 Å². The molecule has 0 radical (unpaired) electrons. The summed E-state index contributed by atoms with van der Waals surface area (Å²) in [6.07, 6.45) is 2.22. The molecule has 1 fully saturated rings. The van der Waals surface area contributed by atoms with E-state index in [0.29, 0.717) is 3.57 Å². The second kappa shape index (κ2) is 7.07. The number of hydrogen-bond donors (Lipinski definition) is 3. The molecule has 0 amide bonds. The van der Waals surface area contributed by atoms with E-state index in [1.165, 1.54) is 6.33 Å². The first-order valence-corrected chi connectivity index (χ1v) is 7.86. The van der Waals surface area contributed by atoms with Crippen LogP contribution in [0.25, 0.3) is 0 Å². The minimum absolute atomic E-state index is 0.0524. The Bertz CT molecular complexity index is 567.